The quantitative estimate of drug-likeness (QED) is 0.803. The molecule has 94 valence electrons. The van der Waals surface area contributed by atoms with Crippen molar-refractivity contribution in [2.45, 2.75) is 46.0 Å². The molecule has 0 aromatic carbocycles. The lowest BCUT2D eigenvalue weighted by Gasteiger charge is -2.41. The van der Waals surface area contributed by atoms with E-state index in [2.05, 4.69) is 20.8 Å². The Morgan fingerprint density at radius 1 is 1.38 bits per heavy atom. The minimum Gasteiger partial charge on any atom is -0.392 e. The van der Waals surface area contributed by atoms with Crippen LogP contribution in [0.4, 0.5) is 0 Å². The predicted molar refractivity (Wildman–Crippen MR) is 61.9 cm³/mol. The lowest BCUT2D eigenvalue weighted by molar-refractivity contribution is -0.239. The number of aliphatic hydroxyl groups excluding tert-OH is 1. The SMILES string of the molecule is CCC(C)C(O)C1COC2(C)OCC1C2C. The third-order valence-corrected chi connectivity index (χ3v) is 4.81. The van der Waals surface area contributed by atoms with Crippen molar-refractivity contribution in [3.63, 3.8) is 0 Å². The highest BCUT2D eigenvalue weighted by molar-refractivity contribution is 4.95. The summed E-state index contributed by atoms with van der Waals surface area (Å²) in [6.45, 7) is 9.79. The molecule has 6 atom stereocenters. The van der Waals surface area contributed by atoms with Gasteiger partial charge in [0.25, 0.3) is 0 Å². The van der Waals surface area contributed by atoms with E-state index in [1.54, 1.807) is 0 Å². The Kier molecular flexibility index (Phi) is 3.30. The van der Waals surface area contributed by atoms with Crippen LogP contribution in [0.3, 0.4) is 0 Å². The first-order valence-corrected chi connectivity index (χ1v) is 6.45. The van der Waals surface area contributed by atoms with Gasteiger partial charge in [-0.25, -0.2) is 0 Å². The highest BCUT2D eigenvalue weighted by Gasteiger charge is 2.53. The first-order valence-electron chi connectivity index (χ1n) is 6.45. The Morgan fingerprint density at radius 3 is 2.62 bits per heavy atom. The Bertz CT molecular complexity index is 256. The Morgan fingerprint density at radius 2 is 2.00 bits per heavy atom. The average molecular weight is 228 g/mol. The fourth-order valence-electron chi connectivity index (χ4n) is 2.99. The summed E-state index contributed by atoms with van der Waals surface area (Å²) < 4.78 is 11.6. The van der Waals surface area contributed by atoms with Crippen molar-refractivity contribution >= 4 is 0 Å². The Labute approximate surface area is 98.1 Å². The van der Waals surface area contributed by atoms with Crippen molar-refractivity contribution in [1.82, 2.24) is 0 Å². The van der Waals surface area contributed by atoms with Gasteiger partial charge in [-0.15, -0.1) is 0 Å². The van der Waals surface area contributed by atoms with Gasteiger partial charge in [-0.2, -0.15) is 0 Å². The molecule has 16 heavy (non-hydrogen) atoms. The van der Waals surface area contributed by atoms with E-state index in [1.165, 1.54) is 0 Å². The van der Waals surface area contributed by atoms with Crippen molar-refractivity contribution in [2.24, 2.45) is 23.7 Å². The maximum atomic E-state index is 10.3. The van der Waals surface area contributed by atoms with E-state index in [-0.39, 0.29) is 12.0 Å². The van der Waals surface area contributed by atoms with Crippen LogP contribution < -0.4 is 0 Å². The zero-order valence-electron chi connectivity index (χ0n) is 10.8. The molecule has 1 N–H and O–H groups in total. The van der Waals surface area contributed by atoms with Gasteiger partial charge in [0.05, 0.1) is 19.3 Å². The maximum absolute atomic E-state index is 10.3. The molecule has 0 spiro atoms. The second kappa shape index (κ2) is 4.28. The van der Waals surface area contributed by atoms with E-state index in [9.17, 15) is 5.11 Å². The summed E-state index contributed by atoms with van der Waals surface area (Å²) >= 11 is 0. The maximum Gasteiger partial charge on any atom is 0.168 e. The van der Waals surface area contributed by atoms with E-state index >= 15 is 0 Å². The van der Waals surface area contributed by atoms with Gasteiger partial charge in [-0.1, -0.05) is 27.2 Å². The molecule has 2 saturated heterocycles. The monoisotopic (exact) mass is 228 g/mol. The molecular formula is C13H24O3. The average Bonchev–Trinajstić information content (AvgIpc) is 2.49. The zero-order valence-corrected chi connectivity index (χ0v) is 10.8. The van der Waals surface area contributed by atoms with Crippen LogP contribution in [0.25, 0.3) is 0 Å². The Hall–Kier alpha value is -0.120. The van der Waals surface area contributed by atoms with Crippen molar-refractivity contribution in [2.75, 3.05) is 13.2 Å². The van der Waals surface area contributed by atoms with E-state index < -0.39 is 5.79 Å². The van der Waals surface area contributed by atoms with Crippen LogP contribution in [-0.4, -0.2) is 30.2 Å². The van der Waals surface area contributed by atoms with Crippen LogP contribution in [0.5, 0.6) is 0 Å². The summed E-state index contributed by atoms with van der Waals surface area (Å²) in [7, 11) is 0. The van der Waals surface area contributed by atoms with Gasteiger partial charge >= 0.3 is 0 Å². The molecule has 2 fully saturated rings. The number of hydrogen-bond donors (Lipinski definition) is 1. The summed E-state index contributed by atoms with van der Waals surface area (Å²) in [5.41, 5.74) is 0. The molecule has 0 aliphatic carbocycles. The van der Waals surface area contributed by atoms with Gasteiger partial charge in [-0.05, 0) is 18.8 Å². The molecule has 3 nitrogen and oxygen atoms in total. The molecule has 0 aromatic rings. The van der Waals surface area contributed by atoms with Gasteiger partial charge < -0.3 is 14.6 Å². The summed E-state index contributed by atoms with van der Waals surface area (Å²) in [5.74, 6) is 0.995. The lowest BCUT2D eigenvalue weighted by atomic mass is 9.74. The van der Waals surface area contributed by atoms with Crippen LogP contribution in [0, 0.1) is 23.7 Å². The Balaban J connectivity index is 2.09. The van der Waals surface area contributed by atoms with Crippen LogP contribution >= 0.6 is 0 Å². The number of ether oxygens (including phenoxy) is 2. The van der Waals surface area contributed by atoms with Crippen LogP contribution in [0.2, 0.25) is 0 Å². The van der Waals surface area contributed by atoms with Crippen molar-refractivity contribution in [3.8, 4) is 0 Å². The van der Waals surface area contributed by atoms with E-state index in [0.29, 0.717) is 24.4 Å². The van der Waals surface area contributed by atoms with Gasteiger partial charge in [0.15, 0.2) is 5.79 Å². The summed E-state index contributed by atoms with van der Waals surface area (Å²) in [6.07, 6.45) is 0.750. The predicted octanol–water partition coefficient (Wildman–Crippen LogP) is 2.04. The summed E-state index contributed by atoms with van der Waals surface area (Å²) in [6, 6.07) is 0. The molecule has 0 aromatic heterocycles. The normalized spacial score (nSPS) is 46.7. The minimum atomic E-state index is -0.406. The molecule has 2 aliphatic rings. The third kappa shape index (κ3) is 1.79. The van der Waals surface area contributed by atoms with Gasteiger partial charge in [0, 0.05) is 11.8 Å². The lowest BCUT2D eigenvalue weighted by Crippen LogP contribution is -2.48. The molecule has 2 bridgehead atoms. The topological polar surface area (TPSA) is 38.7 Å². The third-order valence-electron chi connectivity index (χ3n) is 4.81. The van der Waals surface area contributed by atoms with Crippen molar-refractivity contribution < 1.29 is 14.6 Å². The largest absolute Gasteiger partial charge is 0.392 e. The molecule has 6 unspecified atom stereocenters. The van der Waals surface area contributed by atoms with Gasteiger partial charge in [0.2, 0.25) is 0 Å². The number of hydrogen-bond acceptors (Lipinski definition) is 3. The molecular weight excluding hydrogens is 204 g/mol. The first kappa shape index (κ1) is 12.3. The fraction of sp³-hybridized carbons (Fsp3) is 1.00. The molecule has 0 amide bonds. The molecule has 3 heteroatoms. The standard InChI is InChI=1S/C13H24O3/c1-5-8(2)12(14)11-7-16-13(4)9(3)10(11)6-15-13/h8-12,14H,5-7H2,1-4H3. The highest BCUT2D eigenvalue weighted by atomic mass is 16.7. The number of aliphatic hydroxyl groups is 1. The van der Waals surface area contributed by atoms with Crippen molar-refractivity contribution in [3.05, 3.63) is 0 Å². The molecule has 2 heterocycles. The molecule has 2 rings (SSSR count). The number of rotatable bonds is 3. The first-order chi connectivity index (χ1) is 7.49. The van der Waals surface area contributed by atoms with Gasteiger partial charge in [0.1, 0.15) is 0 Å². The summed E-state index contributed by atoms with van der Waals surface area (Å²) in [4.78, 5) is 0. The molecule has 2 aliphatic heterocycles. The van der Waals surface area contributed by atoms with E-state index in [0.717, 1.165) is 13.0 Å². The smallest absolute Gasteiger partial charge is 0.168 e. The van der Waals surface area contributed by atoms with Gasteiger partial charge in [-0.3, -0.25) is 0 Å². The number of fused-ring (bicyclic) bond motifs is 2. The second-order valence-corrected chi connectivity index (χ2v) is 5.63. The zero-order chi connectivity index (χ0) is 11.9. The molecule has 0 saturated carbocycles. The van der Waals surface area contributed by atoms with Crippen LogP contribution in [0.15, 0.2) is 0 Å². The second-order valence-electron chi connectivity index (χ2n) is 5.63. The molecule has 0 radical (unpaired) electrons. The minimum absolute atomic E-state index is 0.237. The van der Waals surface area contributed by atoms with Crippen LogP contribution in [-0.2, 0) is 9.47 Å². The fourth-order valence-corrected chi connectivity index (χ4v) is 2.99. The van der Waals surface area contributed by atoms with E-state index in [1.807, 2.05) is 6.92 Å². The summed E-state index contributed by atoms with van der Waals surface area (Å²) in [5, 5.41) is 10.3. The highest BCUT2D eigenvalue weighted by Crippen LogP contribution is 2.47. The van der Waals surface area contributed by atoms with Crippen LogP contribution in [0.1, 0.15) is 34.1 Å². The van der Waals surface area contributed by atoms with E-state index in [4.69, 9.17) is 9.47 Å². The van der Waals surface area contributed by atoms with Crippen molar-refractivity contribution in [1.29, 1.82) is 0 Å².